The van der Waals surface area contributed by atoms with Gasteiger partial charge in [0, 0.05) is 11.9 Å². The van der Waals surface area contributed by atoms with E-state index in [9.17, 15) is 9.59 Å². The number of benzene rings is 1. The molecule has 2 rings (SSSR count). The first-order valence-electron chi connectivity index (χ1n) is 6.42. The normalized spacial score (nSPS) is 10.3. The molecular formula is C13H17N6O2+. The zero-order valence-corrected chi connectivity index (χ0v) is 11.3. The number of hydrogen-bond donors (Lipinski definition) is 5. The van der Waals surface area contributed by atoms with E-state index in [1.54, 1.807) is 24.3 Å². The SMILES string of the molecule is NC(N)=[NH+]CCNC(=O)Cc1n[nH]c(=O)c2ccccc12. The van der Waals surface area contributed by atoms with Gasteiger partial charge in [0.1, 0.15) is 0 Å². The lowest BCUT2D eigenvalue weighted by molar-refractivity contribution is -0.456. The number of hydrogen-bond acceptors (Lipinski definition) is 3. The molecule has 0 aliphatic carbocycles. The maximum atomic E-state index is 11.8. The molecule has 1 aromatic carbocycles. The van der Waals surface area contributed by atoms with Crippen molar-refractivity contribution < 1.29 is 9.79 Å². The van der Waals surface area contributed by atoms with Crippen LogP contribution in [-0.2, 0) is 11.2 Å². The topological polar surface area (TPSA) is 141 Å². The molecule has 7 N–H and O–H groups in total. The van der Waals surface area contributed by atoms with E-state index in [2.05, 4.69) is 20.5 Å². The molecule has 0 saturated heterocycles. The summed E-state index contributed by atoms with van der Waals surface area (Å²) in [7, 11) is 0. The molecule has 1 amide bonds. The summed E-state index contributed by atoms with van der Waals surface area (Å²) in [4.78, 5) is 26.2. The minimum absolute atomic E-state index is 0.0825. The number of carbonyl (C=O) groups is 1. The Kier molecular flexibility index (Phi) is 4.50. The molecule has 0 unspecified atom stereocenters. The van der Waals surface area contributed by atoms with Gasteiger partial charge in [-0.05, 0) is 6.07 Å². The second-order valence-electron chi connectivity index (χ2n) is 4.45. The summed E-state index contributed by atoms with van der Waals surface area (Å²) in [5.74, 6) is -0.0883. The van der Waals surface area contributed by atoms with Gasteiger partial charge in [-0.3, -0.25) is 26.0 Å². The summed E-state index contributed by atoms with van der Waals surface area (Å²) >= 11 is 0. The monoisotopic (exact) mass is 289 g/mol. The average molecular weight is 289 g/mol. The van der Waals surface area contributed by atoms with Crippen LogP contribution >= 0.6 is 0 Å². The fraction of sp³-hybridized carbons (Fsp3) is 0.231. The van der Waals surface area contributed by atoms with Crippen LogP contribution in [0.25, 0.3) is 10.8 Å². The summed E-state index contributed by atoms with van der Waals surface area (Å²) in [5, 5.41) is 10.2. The zero-order chi connectivity index (χ0) is 15.2. The van der Waals surface area contributed by atoms with Crippen LogP contribution in [-0.4, -0.2) is 35.2 Å². The van der Waals surface area contributed by atoms with Crippen LogP contribution < -0.4 is 27.3 Å². The highest BCUT2D eigenvalue weighted by Gasteiger charge is 2.10. The minimum atomic E-state index is -0.270. The van der Waals surface area contributed by atoms with Crippen molar-refractivity contribution in [2.45, 2.75) is 6.42 Å². The number of amides is 1. The first-order valence-corrected chi connectivity index (χ1v) is 6.42. The van der Waals surface area contributed by atoms with Gasteiger partial charge >= 0.3 is 5.96 Å². The van der Waals surface area contributed by atoms with Crippen molar-refractivity contribution in [3.63, 3.8) is 0 Å². The Morgan fingerprint density at radius 2 is 2.00 bits per heavy atom. The van der Waals surface area contributed by atoms with Crippen LogP contribution in [0.3, 0.4) is 0 Å². The number of rotatable bonds is 5. The predicted octanol–water partition coefficient (Wildman–Crippen LogP) is -3.06. The lowest BCUT2D eigenvalue weighted by Crippen LogP contribution is -2.79. The molecule has 110 valence electrons. The van der Waals surface area contributed by atoms with Gasteiger partial charge in [0.2, 0.25) is 5.91 Å². The van der Waals surface area contributed by atoms with E-state index in [0.29, 0.717) is 29.6 Å². The number of aromatic amines is 1. The maximum Gasteiger partial charge on any atom is 0.338 e. The third kappa shape index (κ3) is 3.78. The average Bonchev–Trinajstić information content (AvgIpc) is 2.47. The molecule has 1 heterocycles. The number of nitrogens with one attached hydrogen (secondary N) is 3. The van der Waals surface area contributed by atoms with E-state index in [-0.39, 0.29) is 23.8 Å². The number of aromatic nitrogens is 2. The molecule has 1 aromatic heterocycles. The van der Waals surface area contributed by atoms with Crippen LogP contribution in [0.2, 0.25) is 0 Å². The van der Waals surface area contributed by atoms with Crippen LogP contribution in [0, 0.1) is 0 Å². The molecule has 0 aliphatic rings. The Morgan fingerprint density at radius 3 is 2.71 bits per heavy atom. The number of fused-ring (bicyclic) bond motifs is 1. The van der Waals surface area contributed by atoms with Gasteiger partial charge in [-0.2, -0.15) is 5.10 Å². The van der Waals surface area contributed by atoms with E-state index in [1.165, 1.54) is 0 Å². The summed E-state index contributed by atoms with van der Waals surface area (Å²) in [6.07, 6.45) is 0.0825. The molecule has 0 fully saturated rings. The molecule has 0 saturated carbocycles. The third-order valence-electron chi connectivity index (χ3n) is 2.88. The number of nitrogens with zero attached hydrogens (tertiary/aromatic N) is 1. The van der Waals surface area contributed by atoms with E-state index in [0.717, 1.165) is 0 Å². The van der Waals surface area contributed by atoms with Crippen molar-refractivity contribution in [3.05, 3.63) is 40.3 Å². The van der Waals surface area contributed by atoms with Crippen molar-refractivity contribution in [1.82, 2.24) is 15.5 Å². The molecule has 0 radical (unpaired) electrons. The van der Waals surface area contributed by atoms with E-state index < -0.39 is 0 Å². The highest BCUT2D eigenvalue weighted by molar-refractivity contribution is 5.88. The largest absolute Gasteiger partial charge is 0.353 e. The summed E-state index contributed by atoms with van der Waals surface area (Å²) in [6.45, 7) is 0.825. The minimum Gasteiger partial charge on any atom is -0.353 e. The van der Waals surface area contributed by atoms with Crippen LogP contribution in [0.15, 0.2) is 29.1 Å². The van der Waals surface area contributed by atoms with Crippen molar-refractivity contribution in [3.8, 4) is 0 Å². The maximum absolute atomic E-state index is 11.8. The van der Waals surface area contributed by atoms with Crippen molar-refractivity contribution >= 4 is 22.6 Å². The molecule has 0 aliphatic heterocycles. The lowest BCUT2D eigenvalue weighted by atomic mass is 10.1. The van der Waals surface area contributed by atoms with E-state index in [4.69, 9.17) is 11.5 Å². The Hall–Kier alpha value is -2.90. The quantitative estimate of drug-likeness (QED) is 0.226. The van der Waals surface area contributed by atoms with Crippen LogP contribution in [0.5, 0.6) is 0 Å². The van der Waals surface area contributed by atoms with Gasteiger partial charge < -0.3 is 5.32 Å². The predicted molar refractivity (Wildman–Crippen MR) is 78.3 cm³/mol. The highest BCUT2D eigenvalue weighted by Crippen LogP contribution is 2.12. The first kappa shape index (κ1) is 14.5. The molecular weight excluding hydrogens is 272 g/mol. The molecule has 0 spiro atoms. The fourth-order valence-electron chi connectivity index (χ4n) is 1.93. The second kappa shape index (κ2) is 6.51. The second-order valence-corrected chi connectivity index (χ2v) is 4.45. The van der Waals surface area contributed by atoms with Crippen molar-refractivity contribution in [2.75, 3.05) is 13.1 Å². The summed E-state index contributed by atoms with van der Waals surface area (Å²) in [6, 6.07) is 7.03. The fourth-order valence-corrected chi connectivity index (χ4v) is 1.93. The number of carbonyl (C=O) groups excluding carboxylic acids is 1. The van der Waals surface area contributed by atoms with Gasteiger partial charge in [-0.25, -0.2) is 5.10 Å². The van der Waals surface area contributed by atoms with Crippen LogP contribution in [0.4, 0.5) is 0 Å². The van der Waals surface area contributed by atoms with E-state index >= 15 is 0 Å². The van der Waals surface area contributed by atoms with Gasteiger partial charge in [0.15, 0.2) is 0 Å². The molecule has 0 bridgehead atoms. The van der Waals surface area contributed by atoms with E-state index in [1.807, 2.05) is 0 Å². The molecule has 8 heteroatoms. The lowest BCUT2D eigenvalue weighted by Gasteiger charge is -2.05. The highest BCUT2D eigenvalue weighted by atomic mass is 16.1. The van der Waals surface area contributed by atoms with Crippen molar-refractivity contribution in [2.24, 2.45) is 11.5 Å². The van der Waals surface area contributed by atoms with Gasteiger partial charge in [0.25, 0.3) is 5.56 Å². The van der Waals surface area contributed by atoms with Gasteiger partial charge in [-0.1, -0.05) is 18.2 Å². The Labute approximate surface area is 120 Å². The van der Waals surface area contributed by atoms with Gasteiger partial charge in [-0.15, -0.1) is 0 Å². The molecule has 21 heavy (non-hydrogen) atoms. The zero-order valence-electron chi connectivity index (χ0n) is 11.3. The Bertz CT molecular complexity index is 733. The smallest absolute Gasteiger partial charge is 0.338 e. The molecule has 8 nitrogen and oxygen atoms in total. The van der Waals surface area contributed by atoms with Gasteiger partial charge in [0.05, 0.1) is 24.0 Å². The number of nitrogens with two attached hydrogens (primary N) is 2. The summed E-state index contributed by atoms with van der Waals surface area (Å²) < 4.78 is 0. The molecule has 0 atom stereocenters. The summed E-state index contributed by atoms with van der Waals surface area (Å²) in [5.41, 5.74) is 10.7. The Morgan fingerprint density at radius 1 is 1.29 bits per heavy atom. The standard InChI is InChI=1S/C13H16N6O2/c14-13(15)17-6-5-16-11(20)7-10-8-3-1-2-4-9(8)12(21)19-18-10/h1-4H,5-7H2,(H,16,20)(H,19,21)(H4,14,15,17)/p+1. The number of H-pyrrole nitrogens is 1. The Balaban J connectivity index is 2.06. The first-order chi connectivity index (χ1) is 10.1. The van der Waals surface area contributed by atoms with Crippen LogP contribution in [0.1, 0.15) is 5.69 Å². The number of guanidine groups is 1. The molecule has 2 aromatic rings. The van der Waals surface area contributed by atoms with Crippen molar-refractivity contribution in [1.29, 1.82) is 0 Å². The third-order valence-corrected chi connectivity index (χ3v) is 2.88.